The second kappa shape index (κ2) is 3.90. The van der Waals surface area contributed by atoms with Gasteiger partial charge in [0.25, 0.3) is 0 Å². The monoisotopic (exact) mass is 221 g/mol. The predicted molar refractivity (Wildman–Crippen MR) is 62.5 cm³/mol. The molecule has 1 N–H and O–H groups in total. The number of methoxy groups -OCH3 is 1. The topological polar surface area (TPSA) is 42.4 Å². The maximum absolute atomic E-state index is 9.13. The number of allylic oxidation sites excluding steroid dienone is 1. The second-order valence-corrected chi connectivity index (χ2v) is 4.23. The molecule has 0 atom stereocenters. The second-order valence-electron chi connectivity index (χ2n) is 3.17. The van der Waals surface area contributed by atoms with Crippen LogP contribution in [0.2, 0.25) is 0 Å². The van der Waals surface area contributed by atoms with E-state index < -0.39 is 0 Å². The first-order chi connectivity index (χ1) is 7.19. The van der Waals surface area contributed by atoms with Crippen molar-refractivity contribution in [2.75, 3.05) is 7.11 Å². The lowest BCUT2D eigenvalue weighted by molar-refractivity contribution is 0.415. The minimum absolute atomic E-state index is 0.265. The Labute approximate surface area is 91.7 Å². The van der Waals surface area contributed by atoms with Gasteiger partial charge in [-0.1, -0.05) is 0 Å². The summed E-state index contributed by atoms with van der Waals surface area (Å²) in [5.74, 6) is 1.09. The molecule has 3 nitrogen and oxygen atoms in total. The first-order valence-electron chi connectivity index (χ1n) is 4.51. The number of hydrogen-bond donors (Lipinski definition) is 1. The summed E-state index contributed by atoms with van der Waals surface area (Å²) in [5, 5.41) is 9.94. The minimum Gasteiger partial charge on any atom is -0.513 e. The number of rotatable bonds is 2. The molecule has 2 aromatic rings. The molecule has 0 fully saturated rings. The summed E-state index contributed by atoms with van der Waals surface area (Å²) in [6, 6.07) is 5.73. The quantitative estimate of drug-likeness (QED) is 0.792. The molecule has 2 rings (SSSR count). The number of thiazole rings is 1. The zero-order chi connectivity index (χ0) is 10.8. The van der Waals surface area contributed by atoms with E-state index in [0.717, 1.165) is 21.0 Å². The van der Waals surface area contributed by atoms with Gasteiger partial charge in [0.1, 0.15) is 10.8 Å². The van der Waals surface area contributed by atoms with E-state index in [0.29, 0.717) is 0 Å². The largest absolute Gasteiger partial charge is 0.513 e. The molecule has 15 heavy (non-hydrogen) atoms. The molecule has 0 amide bonds. The smallest absolute Gasteiger partial charge is 0.120 e. The molecule has 0 aliphatic carbocycles. The number of hydrogen-bond acceptors (Lipinski definition) is 4. The fourth-order valence-corrected chi connectivity index (χ4v) is 2.28. The average molecular weight is 221 g/mol. The van der Waals surface area contributed by atoms with Crippen molar-refractivity contribution in [1.82, 2.24) is 4.98 Å². The van der Waals surface area contributed by atoms with Crippen molar-refractivity contribution in [3.8, 4) is 5.75 Å². The normalized spacial score (nSPS) is 12.0. The summed E-state index contributed by atoms with van der Waals surface area (Å²) >= 11 is 1.53. The highest BCUT2D eigenvalue weighted by atomic mass is 32.1. The van der Waals surface area contributed by atoms with Gasteiger partial charge in [0.05, 0.1) is 23.1 Å². The van der Waals surface area contributed by atoms with E-state index >= 15 is 0 Å². The van der Waals surface area contributed by atoms with Gasteiger partial charge in [0.2, 0.25) is 0 Å². The molecular weight excluding hydrogens is 210 g/mol. The Morgan fingerprint density at radius 3 is 3.00 bits per heavy atom. The zero-order valence-electron chi connectivity index (χ0n) is 8.52. The van der Waals surface area contributed by atoms with E-state index in [2.05, 4.69) is 4.98 Å². The van der Waals surface area contributed by atoms with Gasteiger partial charge in [-0.25, -0.2) is 4.98 Å². The van der Waals surface area contributed by atoms with Crippen LogP contribution < -0.4 is 4.74 Å². The molecule has 0 spiro atoms. The first kappa shape index (κ1) is 9.98. The molecule has 1 aromatic carbocycles. The van der Waals surface area contributed by atoms with Crippen molar-refractivity contribution in [3.05, 3.63) is 29.0 Å². The maximum Gasteiger partial charge on any atom is 0.120 e. The SMILES string of the molecule is COc1ccc2nc(/C=C(/C)O)sc2c1. The summed E-state index contributed by atoms with van der Waals surface area (Å²) in [4.78, 5) is 4.35. The van der Waals surface area contributed by atoms with Crippen molar-refractivity contribution < 1.29 is 9.84 Å². The van der Waals surface area contributed by atoms with Crippen molar-refractivity contribution in [2.45, 2.75) is 6.92 Å². The van der Waals surface area contributed by atoms with Gasteiger partial charge in [0, 0.05) is 6.08 Å². The highest BCUT2D eigenvalue weighted by molar-refractivity contribution is 7.19. The Hall–Kier alpha value is -1.55. The molecule has 0 saturated carbocycles. The van der Waals surface area contributed by atoms with E-state index in [1.54, 1.807) is 20.1 Å². The number of ether oxygens (including phenoxy) is 1. The van der Waals surface area contributed by atoms with Crippen LogP contribution in [0.1, 0.15) is 11.9 Å². The summed E-state index contributed by atoms with van der Waals surface area (Å²) in [6.07, 6.45) is 1.65. The number of benzene rings is 1. The molecule has 78 valence electrons. The van der Waals surface area contributed by atoms with Gasteiger partial charge in [-0.2, -0.15) is 0 Å². The first-order valence-corrected chi connectivity index (χ1v) is 5.32. The lowest BCUT2D eigenvalue weighted by atomic mass is 10.3. The van der Waals surface area contributed by atoms with Crippen LogP contribution in [0.25, 0.3) is 16.3 Å². The van der Waals surface area contributed by atoms with Crippen molar-refractivity contribution >= 4 is 27.6 Å². The summed E-state index contributed by atoms with van der Waals surface area (Å²) < 4.78 is 6.18. The molecule has 0 aliphatic heterocycles. The standard InChI is InChI=1S/C11H11NO2S/c1-7(13)5-11-12-9-4-3-8(14-2)6-10(9)15-11/h3-6,13H,1-2H3/b7-5-. The third kappa shape index (κ3) is 2.10. The molecule has 0 saturated heterocycles. The fourth-order valence-electron chi connectivity index (χ4n) is 1.29. The lowest BCUT2D eigenvalue weighted by Crippen LogP contribution is -1.80. The summed E-state index contributed by atoms with van der Waals surface area (Å²) in [7, 11) is 1.64. The molecule has 4 heteroatoms. The van der Waals surface area contributed by atoms with Gasteiger partial charge >= 0.3 is 0 Å². The average Bonchev–Trinajstić information content (AvgIpc) is 2.57. The van der Waals surface area contributed by atoms with Gasteiger partial charge in [-0.15, -0.1) is 11.3 Å². The van der Waals surface area contributed by atoms with Crippen molar-refractivity contribution in [2.24, 2.45) is 0 Å². The van der Waals surface area contributed by atoms with Crippen molar-refractivity contribution in [1.29, 1.82) is 0 Å². The molecule has 1 heterocycles. The van der Waals surface area contributed by atoms with Crippen LogP contribution in [0, 0.1) is 0 Å². The van der Waals surface area contributed by atoms with E-state index in [1.807, 2.05) is 18.2 Å². The van der Waals surface area contributed by atoms with Gasteiger partial charge < -0.3 is 9.84 Å². The third-order valence-corrected chi connectivity index (χ3v) is 2.91. The molecule has 0 bridgehead atoms. The van der Waals surface area contributed by atoms with Crippen LogP contribution in [0.5, 0.6) is 5.75 Å². The Morgan fingerprint density at radius 1 is 1.53 bits per heavy atom. The van der Waals surface area contributed by atoms with Crippen LogP contribution in [0.15, 0.2) is 24.0 Å². The number of fused-ring (bicyclic) bond motifs is 1. The molecule has 0 radical (unpaired) electrons. The number of nitrogens with zero attached hydrogens (tertiary/aromatic N) is 1. The number of aliphatic hydroxyl groups excluding tert-OH is 1. The maximum atomic E-state index is 9.13. The highest BCUT2D eigenvalue weighted by Crippen LogP contribution is 2.27. The van der Waals surface area contributed by atoms with E-state index in [9.17, 15) is 0 Å². The minimum atomic E-state index is 0.265. The predicted octanol–water partition coefficient (Wildman–Crippen LogP) is 3.22. The van der Waals surface area contributed by atoms with Crippen LogP contribution >= 0.6 is 11.3 Å². The molecular formula is C11H11NO2S. The fraction of sp³-hybridized carbons (Fsp3) is 0.182. The van der Waals surface area contributed by atoms with Gasteiger partial charge in [-0.3, -0.25) is 0 Å². The van der Waals surface area contributed by atoms with E-state index in [-0.39, 0.29) is 5.76 Å². The molecule has 1 aromatic heterocycles. The Bertz CT molecular complexity index is 512. The molecule has 0 aliphatic rings. The summed E-state index contributed by atoms with van der Waals surface area (Å²) in [5.41, 5.74) is 0.924. The van der Waals surface area contributed by atoms with Crippen LogP contribution in [0.4, 0.5) is 0 Å². The zero-order valence-corrected chi connectivity index (χ0v) is 9.34. The Kier molecular flexibility index (Phi) is 2.60. The van der Waals surface area contributed by atoms with Gasteiger partial charge in [0.15, 0.2) is 0 Å². The van der Waals surface area contributed by atoms with Crippen LogP contribution in [0.3, 0.4) is 0 Å². The highest BCUT2D eigenvalue weighted by Gasteiger charge is 2.03. The van der Waals surface area contributed by atoms with Crippen LogP contribution in [-0.4, -0.2) is 17.2 Å². The summed E-state index contributed by atoms with van der Waals surface area (Å²) in [6.45, 7) is 1.63. The molecule has 0 unspecified atom stereocenters. The van der Waals surface area contributed by atoms with Crippen LogP contribution in [-0.2, 0) is 0 Å². The Balaban J connectivity index is 2.51. The number of aliphatic hydroxyl groups is 1. The van der Waals surface area contributed by atoms with Crippen molar-refractivity contribution in [3.63, 3.8) is 0 Å². The number of aromatic nitrogens is 1. The third-order valence-electron chi connectivity index (χ3n) is 1.94. The van der Waals surface area contributed by atoms with E-state index in [4.69, 9.17) is 9.84 Å². The van der Waals surface area contributed by atoms with E-state index in [1.165, 1.54) is 11.3 Å². The Morgan fingerprint density at radius 2 is 2.33 bits per heavy atom. The lowest BCUT2D eigenvalue weighted by Gasteiger charge is -1.96. The van der Waals surface area contributed by atoms with Gasteiger partial charge in [-0.05, 0) is 25.1 Å².